The number of carbonyl (C=O) groups is 2. The van der Waals surface area contributed by atoms with Crippen molar-refractivity contribution in [3.63, 3.8) is 0 Å². The Bertz CT molecular complexity index is 1160. The van der Waals surface area contributed by atoms with Crippen molar-refractivity contribution in [2.24, 2.45) is 5.92 Å². The Kier molecular flexibility index (Phi) is 11.8. The molecule has 0 spiro atoms. The third-order valence-electron chi connectivity index (χ3n) is 5.75. The summed E-state index contributed by atoms with van der Waals surface area (Å²) in [7, 11) is 0. The first-order chi connectivity index (χ1) is 17.7. The minimum absolute atomic E-state index is 0.140. The molecule has 0 fully saturated rings. The van der Waals surface area contributed by atoms with Gasteiger partial charge in [0.2, 0.25) is 11.8 Å². The van der Waals surface area contributed by atoms with Gasteiger partial charge in [0.25, 0.3) is 0 Å². The zero-order chi connectivity index (χ0) is 26.8. The molecule has 8 heteroatoms. The molecule has 1 N–H and O–H groups in total. The molecule has 0 aromatic heterocycles. The average Bonchev–Trinajstić information content (AvgIpc) is 2.88. The Balaban J connectivity index is 1.88. The summed E-state index contributed by atoms with van der Waals surface area (Å²) < 4.78 is 1.01. The lowest BCUT2D eigenvalue weighted by atomic mass is 10.0. The number of benzene rings is 3. The molecule has 4 nitrogen and oxygen atoms in total. The molecule has 0 aliphatic rings. The van der Waals surface area contributed by atoms with Crippen molar-refractivity contribution in [2.75, 3.05) is 12.3 Å². The largest absolute Gasteiger partial charge is 0.354 e. The highest BCUT2D eigenvalue weighted by atomic mass is 79.9. The average molecular weight is 622 g/mol. The number of hydrogen-bond donors (Lipinski definition) is 1. The Labute approximate surface area is 242 Å². The number of rotatable bonds is 12. The first kappa shape index (κ1) is 29.6. The SMILES string of the molecule is CC(C)CNC(=O)[C@@H](Cc1ccccc1)N(Cc1c(Cl)cccc1Cl)C(=O)CSCc1ccc(Br)cc1. The predicted octanol–water partition coefficient (Wildman–Crippen LogP) is 7.40. The maximum Gasteiger partial charge on any atom is 0.243 e. The molecule has 1 atom stereocenters. The summed E-state index contributed by atoms with van der Waals surface area (Å²) in [5.41, 5.74) is 2.72. The van der Waals surface area contributed by atoms with Crippen LogP contribution in [0.2, 0.25) is 10.0 Å². The van der Waals surface area contributed by atoms with E-state index < -0.39 is 6.04 Å². The Morgan fingerprint density at radius 3 is 2.19 bits per heavy atom. The topological polar surface area (TPSA) is 49.4 Å². The van der Waals surface area contributed by atoms with Crippen molar-refractivity contribution in [1.82, 2.24) is 10.2 Å². The normalized spacial score (nSPS) is 11.8. The molecule has 0 bridgehead atoms. The predicted molar refractivity (Wildman–Crippen MR) is 159 cm³/mol. The van der Waals surface area contributed by atoms with Crippen LogP contribution in [0.15, 0.2) is 77.3 Å². The maximum absolute atomic E-state index is 13.7. The lowest BCUT2D eigenvalue weighted by Gasteiger charge is -2.32. The lowest BCUT2D eigenvalue weighted by molar-refractivity contribution is -0.139. The van der Waals surface area contributed by atoms with Crippen LogP contribution in [-0.2, 0) is 28.3 Å². The van der Waals surface area contributed by atoms with E-state index >= 15 is 0 Å². The van der Waals surface area contributed by atoms with Gasteiger partial charge in [-0.05, 0) is 41.3 Å². The monoisotopic (exact) mass is 620 g/mol. The summed E-state index contributed by atoms with van der Waals surface area (Å²) in [6.45, 7) is 4.75. The van der Waals surface area contributed by atoms with Crippen molar-refractivity contribution < 1.29 is 9.59 Å². The number of thioether (sulfide) groups is 1. The van der Waals surface area contributed by atoms with Gasteiger partial charge in [0.15, 0.2) is 0 Å². The van der Waals surface area contributed by atoms with Crippen molar-refractivity contribution in [3.8, 4) is 0 Å². The van der Waals surface area contributed by atoms with E-state index in [1.807, 2.05) is 68.4 Å². The van der Waals surface area contributed by atoms with Crippen LogP contribution >= 0.6 is 50.9 Å². The second-order valence-corrected chi connectivity index (χ2v) is 11.9. The van der Waals surface area contributed by atoms with E-state index in [9.17, 15) is 9.59 Å². The number of hydrogen-bond acceptors (Lipinski definition) is 3. The van der Waals surface area contributed by atoms with Gasteiger partial charge in [0.05, 0.1) is 5.75 Å². The summed E-state index contributed by atoms with van der Waals surface area (Å²) in [6.07, 6.45) is 0.385. The van der Waals surface area contributed by atoms with Gasteiger partial charge in [0, 0.05) is 45.3 Å². The molecule has 2 amide bonds. The third-order valence-corrected chi connectivity index (χ3v) is 7.98. The zero-order valence-corrected chi connectivity index (χ0v) is 24.8. The molecule has 3 rings (SSSR count). The van der Waals surface area contributed by atoms with Crippen molar-refractivity contribution in [2.45, 2.75) is 38.6 Å². The fourth-order valence-electron chi connectivity index (χ4n) is 3.75. The quantitative estimate of drug-likeness (QED) is 0.229. The van der Waals surface area contributed by atoms with Crippen LogP contribution in [0.5, 0.6) is 0 Å². The highest BCUT2D eigenvalue weighted by Crippen LogP contribution is 2.28. The van der Waals surface area contributed by atoms with Gasteiger partial charge in [-0.25, -0.2) is 0 Å². The molecule has 3 aromatic carbocycles. The molecule has 0 unspecified atom stereocenters. The smallest absolute Gasteiger partial charge is 0.243 e. The second-order valence-electron chi connectivity index (χ2n) is 9.19. The van der Waals surface area contributed by atoms with Gasteiger partial charge < -0.3 is 10.2 Å². The molecule has 0 aliphatic heterocycles. The summed E-state index contributed by atoms with van der Waals surface area (Å²) in [4.78, 5) is 28.9. The Morgan fingerprint density at radius 1 is 0.919 bits per heavy atom. The number of nitrogens with one attached hydrogen (secondary N) is 1. The van der Waals surface area contributed by atoms with Crippen LogP contribution in [0, 0.1) is 5.92 Å². The van der Waals surface area contributed by atoms with Gasteiger partial charge in [-0.1, -0.05) is 102 Å². The van der Waals surface area contributed by atoms with Crippen LogP contribution in [0.1, 0.15) is 30.5 Å². The molecular weight excluding hydrogens is 591 g/mol. The van der Waals surface area contributed by atoms with Gasteiger partial charge in [0.1, 0.15) is 6.04 Å². The van der Waals surface area contributed by atoms with E-state index in [1.165, 1.54) is 11.8 Å². The van der Waals surface area contributed by atoms with Gasteiger partial charge in [-0.15, -0.1) is 11.8 Å². The molecule has 0 saturated heterocycles. The molecule has 3 aromatic rings. The standard InChI is InChI=1S/C29H31BrCl2N2O2S/c1-20(2)16-33-29(36)27(15-21-7-4-3-5-8-21)34(17-24-25(31)9-6-10-26(24)32)28(35)19-37-18-22-11-13-23(30)14-12-22/h3-14,20,27H,15-19H2,1-2H3,(H,33,36)/t27-/m1/s1. The van der Waals surface area contributed by atoms with Gasteiger partial charge in [-0.2, -0.15) is 0 Å². The van der Waals surface area contributed by atoms with Gasteiger partial charge in [-0.3, -0.25) is 9.59 Å². The minimum Gasteiger partial charge on any atom is -0.354 e. The van der Waals surface area contributed by atoms with Crippen LogP contribution in [0.4, 0.5) is 0 Å². The number of carbonyl (C=O) groups excluding carboxylic acids is 2. The van der Waals surface area contributed by atoms with Crippen molar-refractivity contribution in [3.05, 3.63) is 104 Å². The highest BCUT2D eigenvalue weighted by molar-refractivity contribution is 9.10. The van der Waals surface area contributed by atoms with E-state index in [-0.39, 0.29) is 30.0 Å². The fourth-order valence-corrected chi connectivity index (χ4v) is 5.40. The summed E-state index contributed by atoms with van der Waals surface area (Å²) in [6, 6.07) is 22.3. The first-order valence-corrected chi connectivity index (χ1v) is 14.8. The van der Waals surface area contributed by atoms with Crippen LogP contribution in [0.3, 0.4) is 0 Å². The highest BCUT2D eigenvalue weighted by Gasteiger charge is 2.31. The first-order valence-electron chi connectivity index (χ1n) is 12.1. The molecule has 0 aliphatic carbocycles. The molecule has 196 valence electrons. The third kappa shape index (κ3) is 9.36. The summed E-state index contributed by atoms with van der Waals surface area (Å²) >= 11 is 17.9. The van der Waals surface area contributed by atoms with E-state index in [0.29, 0.717) is 34.3 Å². The maximum atomic E-state index is 13.7. The molecule has 0 heterocycles. The van der Waals surface area contributed by atoms with Gasteiger partial charge >= 0.3 is 0 Å². The second kappa shape index (κ2) is 14.8. The summed E-state index contributed by atoms with van der Waals surface area (Å²) in [5.74, 6) is 0.861. The fraction of sp³-hybridized carbons (Fsp3) is 0.310. The molecule has 37 heavy (non-hydrogen) atoms. The Hall–Kier alpha value is -1.99. The Morgan fingerprint density at radius 2 is 1.57 bits per heavy atom. The van der Waals surface area contributed by atoms with Crippen molar-refractivity contribution in [1.29, 1.82) is 0 Å². The van der Waals surface area contributed by atoms with E-state index in [0.717, 1.165) is 15.6 Å². The number of amides is 2. The van der Waals surface area contributed by atoms with Crippen LogP contribution in [0.25, 0.3) is 0 Å². The molecular formula is C29H31BrCl2N2O2S. The number of halogens is 3. The zero-order valence-electron chi connectivity index (χ0n) is 20.9. The molecule has 0 saturated carbocycles. The lowest BCUT2D eigenvalue weighted by Crippen LogP contribution is -2.51. The minimum atomic E-state index is -0.714. The van der Waals surface area contributed by atoms with Crippen molar-refractivity contribution >= 4 is 62.7 Å². The molecule has 0 radical (unpaired) electrons. The van der Waals surface area contributed by atoms with Crippen LogP contribution in [-0.4, -0.2) is 35.1 Å². The van der Waals surface area contributed by atoms with E-state index in [4.69, 9.17) is 23.2 Å². The summed E-state index contributed by atoms with van der Waals surface area (Å²) in [5, 5.41) is 3.96. The van der Waals surface area contributed by atoms with E-state index in [2.05, 4.69) is 21.2 Å². The van der Waals surface area contributed by atoms with E-state index in [1.54, 1.807) is 23.1 Å². The number of nitrogens with zero attached hydrogens (tertiary/aromatic N) is 1. The van der Waals surface area contributed by atoms with Crippen LogP contribution < -0.4 is 5.32 Å².